The first-order valence-electron chi connectivity index (χ1n) is 3.99. The Morgan fingerprint density at radius 2 is 2.09 bits per heavy atom. The highest BCUT2D eigenvalue weighted by Gasteiger charge is 2.08. The Morgan fingerprint density at radius 3 is 2.36 bits per heavy atom. The van der Waals surface area contributed by atoms with Crippen molar-refractivity contribution < 1.29 is 4.79 Å². The van der Waals surface area contributed by atoms with E-state index in [9.17, 15) is 4.79 Å². The largest absolute Gasteiger partial charge is 0.283 e. The van der Waals surface area contributed by atoms with Crippen molar-refractivity contribution in [2.45, 2.75) is 33.6 Å². The second kappa shape index (κ2) is 5.75. The minimum Gasteiger partial charge on any atom is -0.283 e. The maximum absolute atomic E-state index is 11.0. The minimum absolute atomic E-state index is 0.186. The molecule has 0 bridgehead atoms. The van der Waals surface area contributed by atoms with Gasteiger partial charge in [-0.05, 0) is 12.3 Å². The Balaban J connectivity index is 4.21. The Morgan fingerprint density at radius 1 is 1.55 bits per heavy atom. The van der Waals surface area contributed by atoms with Gasteiger partial charge in [-0.1, -0.05) is 33.3 Å². The molecule has 0 spiro atoms. The lowest BCUT2D eigenvalue weighted by molar-refractivity contribution is -0.106. The van der Waals surface area contributed by atoms with E-state index in [1.54, 1.807) is 0 Å². The topological polar surface area (TPSA) is 17.1 Å². The second-order valence-corrected chi connectivity index (χ2v) is 3.86. The van der Waals surface area contributed by atoms with Crippen molar-refractivity contribution in [3.05, 3.63) is 11.6 Å². The molecule has 0 rings (SSSR count). The standard InChI is InChI=1S/C9H15IO/c1-4-5-6-8(7(2)3)9(10)11/h6-7H,4-5H2,1-3H3/b8-6+. The second-order valence-electron chi connectivity index (χ2n) is 2.88. The molecule has 0 aliphatic heterocycles. The average Bonchev–Trinajstić information content (AvgIpc) is 1.87. The van der Waals surface area contributed by atoms with Crippen molar-refractivity contribution in [3.8, 4) is 0 Å². The third kappa shape index (κ3) is 4.56. The van der Waals surface area contributed by atoms with Gasteiger partial charge in [0.05, 0.1) is 0 Å². The maximum Gasteiger partial charge on any atom is 0.218 e. The molecular weight excluding hydrogens is 251 g/mol. The average molecular weight is 266 g/mol. The van der Waals surface area contributed by atoms with E-state index >= 15 is 0 Å². The van der Waals surface area contributed by atoms with E-state index in [-0.39, 0.29) is 3.79 Å². The first-order valence-corrected chi connectivity index (χ1v) is 5.07. The molecule has 0 amide bonds. The molecule has 0 unspecified atom stereocenters. The third-order valence-electron chi connectivity index (χ3n) is 1.50. The van der Waals surface area contributed by atoms with Crippen LogP contribution in [0.3, 0.4) is 0 Å². The van der Waals surface area contributed by atoms with Crippen LogP contribution in [0.1, 0.15) is 33.6 Å². The molecule has 0 aliphatic carbocycles. The van der Waals surface area contributed by atoms with E-state index in [0.29, 0.717) is 5.92 Å². The zero-order valence-corrected chi connectivity index (χ0v) is 9.51. The van der Waals surface area contributed by atoms with Gasteiger partial charge in [0.15, 0.2) is 0 Å². The predicted molar refractivity (Wildman–Crippen MR) is 56.9 cm³/mol. The van der Waals surface area contributed by atoms with Crippen LogP contribution in [0.25, 0.3) is 0 Å². The molecule has 11 heavy (non-hydrogen) atoms. The summed E-state index contributed by atoms with van der Waals surface area (Å²) >= 11 is 1.85. The Hall–Kier alpha value is 0.140. The number of hydrogen-bond donors (Lipinski definition) is 0. The van der Waals surface area contributed by atoms with Crippen molar-refractivity contribution in [2.75, 3.05) is 0 Å². The van der Waals surface area contributed by atoms with Gasteiger partial charge in [-0.2, -0.15) is 0 Å². The molecule has 0 atom stereocenters. The SMILES string of the molecule is CCC/C=C(/C(=O)I)C(C)C. The zero-order valence-electron chi connectivity index (χ0n) is 7.36. The van der Waals surface area contributed by atoms with Crippen LogP contribution < -0.4 is 0 Å². The number of halogens is 1. The van der Waals surface area contributed by atoms with E-state index < -0.39 is 0 Å². The van der Waals surface area contributed by atoms with E-state index in [1.807, 2.05) is 22.6 Å². The van der Waals surface area contributed by atoms with Gasteiger partial charge in [-0.3, -0.25) is 4.79 Å². The molecular formula is C9H15IO. The molecule has 0 fully saturated rings. The highest BCUT2D eigenvalue weighted by atomic mass is 127. The predicted octanol–water partition coefficient (Wildman–Crippen LogP) is 3.33. The van der Waals surface area contributed by atoms with Gasteiger partial charge in [0.25, 0.3) is 0 Å². The van der Waals surface area contributed by atoms with Crippen molar-refractivity contribution in [1.29, 1.82) is 0 Å². The maximum atomic E-state index is 11.0. The summed E-state index contributed by atoms with van der Waals surface area (Å²) in [6, 6.07) is 0. The van der Waals surface area contributed by atoms with Crippen LogP contribution in [0.5, 0.6) is 0 Å². The fraction of sp³-hybridized carbons (Fsp3) is 0.667. The molecule has 0 saturated heterocycles. The molecule has 0 aromatic heterocycles. The molecule has 0 N–H and O–H groups in total. The summed E-state index contributed by atoms with van der Waals surface area (Å²) in [6.07, 6.45) is 4.18. The summed E-state index contributed by atoms with van der Waals surface area (Å²) in [4.78, 5) is 11.0. The van der Waals surface area contributed by atoms with E-state index in [2.05, 4.69) is 26.8 Å². The quantitative estimate of drug-likeness (QED) is 0.433. The Bertz CT molecular complexity index is 159. The fourth-order valence-corrected chi connectivity index (χ4v) is 1.69. The van der Waals surface area contributed by atoms with Crippen LogP contribution in [-0.2, 0) is 4.79 Å². The fourth-order valence-electron chi connectivity index (χ4n) is 0.843. The highest BCUT2D eigenvalue weighted by molar-refractivity contribution is 14.1. The first kappa shape index (κ1) is 11.1. The van der Waals surface area contributed by atoms with Gasteiger partial charge in [0, 0.05) is 28.2 Å². The van der Waals surface area contributed by atoms with Gasteiger partial charge in [-0.25, -0.2) is 0 Å². The lowest BCUT2D eigenvalue weighted by Crippen LogP contribution is -2.00. The summed E-state index contributed by atoms with van der Waals surface area (Å²) in [6.45, 7) is 6.22. The van der Waals surface area contributed by atoms with Crippen molar-refractivity contribution in [2.24, 2.45) is 5.92 Å². The minimum atomic E-state index is 0.186. The molecule has 0 radical (unpaired) electrons. The number of carbonyl (C=O) groups is 1. The number of unbranched alkanes of at least 4 members (excludes halogenated alkanes) is 1. The van der Waals surface area contributed by atoms with E-state index in [4.69, 9.17) is 0 Å². The van der Waals surface area contributed by atoms with E-state index in [1.165, 1.54) is 0 Å². The molecule has 0 aromatic carbocycles. The van der Waals surface area contributed by atoms with Gasteiger partial charge < -0.3 is 0 Å². The van der Waals surface area contributed by atoms with Crippen LogP contribution >= 0.6 is 22.6 Å². The number of rotatable bonds is 4. The molecule has 1 nitrogen and oxygen atoms in total. The lowest BCUT2D eigenvalue weighted by atomic mass is 10.0. The monoisotopic (exact) mass is 266 g/mol. The van der Waals surface area contributed by atoms with Crippen molar-refractivity contribution in [3.63, 3.8) is 0 Å². The number of carbonyl (C=O) groups excluding carboxylic acids is 1. The van der Waals surface area contributed by atoms with Crippen LogP contribution in [-0.4, -0.2) is 3.79 Å². The van der Waals surface area contributed by atoms with Gasteiger partial charge in [-0.15, -0.1) is 0 Å². The van der Waals surface area contributed by atoms with Crippen molar-refractivity contribution >= 4 is 26.4 Å². The molecule has 64 valence electrons. The summed E-state index contributed by atoms with van der Waals surface area (Å²) in [5.41, 5.74) is 0.965. The van der Waals surface area contributed by atoms with Gasteiger partial charge >= 0.3 is 0 Å². The van der Waals surface area contributed by atoms with Gasteiger partial charge in [0.1, 0.15) is 0 Å². The summed E-state index contributed by atoms with van der Waals surface area (Å²) in [5.74, 6) is 0.367. The third-order valence-corrected chi connectivity index (χ3v) is 2.12. The Labute approximate surface area is 82.4 Å². The Kier molecular flexibility index (Phi) is 5.82. The molecule has 0 aromatic rings. The number of hydrogen-bond acceptors (Lipinski definition) is 1. The molecule has 0 saturated carbocycles. The smallest absolute Gasteiger partial charge is 0.218 e. The summed E-state index contributed by atoms with van der Waals surface area (Å²) in [5, 5.41) is 0. The van der Waals surface area contributed by atoms with Crippen LogP contribution in [0.2, 0.25) is 0 Å². The first-order chi connectivity index (χ1) is 5.09. The normalized spacial score (nSPS) is 12.3. The van der Waals surface area contributed by atoms with Crippen LogP contribution in [0.15, 0.2) is 11.6 Å². The highest BCUT2D eigenvalue weighted by Crippen LogP contribution is 2.15. The molecule has 0 aliphatic rings. The summed E-state index contributed by atoms with van der Waals surface area (Å²) in [7, 11) is 0. The number of allylic oxidation sites excluding steroid dienone is 2. The molecule has 2 heteroatoms. The zero-order chi connectivity index (χ0) is 8.85. The van der Waals surface area contributed by atoms with Crippen molar-refractivity contribution in [1.82, 2.24) is 0 Å². The molecule has 0 heterocycles. The van der Waals surface area contributed by atoms with Crippen LogP contribution in [0.4, 0.5) is 0 Å². The van der Waals surface area contributed by atoms with E-state index in [0.717, 1.165) is 18.4 Å². The summed E-state index contributed by atoms with van der Waals surface area (Å²) < 4.78 is 0.186. The van der Waals surface area contributed by atoms with Crippen LogP contribution in [0, 0.1) is 5.92 Å². The van der Waals surface area contributed by atoms with Gasteiger partial charge in [0.2, 0.25) is 3.79 Å². The lowest BCUT2D eigenvalue weighted by Gasteiger charge is -2.05.